The molecule has 0 aliphatic rings. The molecule has 70 valence electrons. The molecule has 0 aliphatic carbocycles. The van der Waals surface area contributed by atoms with Crippen LogP contribution in [0.3, 0.4) is 0 Å². The predicted octanol–water partition coefficient (Wildman–Crippen LogP) is 3.12. The Balaban J connectivity index is 2.72. The molecule has 0 fully saturated rings. The highest BCUT2D eigenvalue weighted by Crippen LogP contribution is 2.15. The van der Waals surface area contributed by atoms with Gasteiger partial charge in [-0.15, -0.1) is 0 Å². The summed E-state index contributed by atoms with van der Waals surface area (Å²) in [6.07, 6.45) is 0. The minimum absolute atomic E-state index is 0.196. The predicted molar refractivity (Wildman–Crippen MR) is 54.4 cm³/mol. The zero-order chi connectivity index (χ0) is 9.84. The van der Waals surface area contributed by atoms with Gasteiger partial charge in [0, 0.05) is 12.2 Å². The van der Waals surface area contributed by atoms with Gasteiger partial charge in [0.1, 0.15) is 5.82 Å². The molecular formula is C11H14FN. The van der Waals surface area contributed by atoms with Crippen LogP contribution < -0.4 is 5.32 Å². The second-order valence-corrected chi connectivity index (χ2v) is 3.27. The fourth-order valence-electron chi connectivity index (χ4n) is 1.07. The van der Waals surface area contributed by atoms with Crippen LogP contribution in [-0.4, -0.2) is 6.54 Å². The second-order valence-electron chi connectivity index (χ2n) is 3.27. The van der Waals surface area contributed by atoms with Crippen molar-refractivity contribution in [2.45, 2.75) is 13.8 Å². The Labute approximate surface area is 78.3 Å². The third-order valence-electron chi connectivity index (χ3n) is 1.77. The summed E-state index contributed by atoms with van der Waals surface area (Å²) >= 11 is 0. The molecule has 1 rings (SSSR count). The minimum atomic E-state index is -0.196. The topological polar surface area (TPSA) is 12.0 Å². The zero-order valence-corrected chi connectivity index (χ0v) is 8.02. The lowest BCUT2D eigenvalue weighted by Gasteiger charge is -2.08. The Hall–Kier alpha value is -1.31. The normalized spacial score (nSPS) is 9.77. The summed E-state index contributed by atoms with van der Waals surface area (Å²) in [6.45, 7) is 8.34. The second kappa shape index (κ2) is 4.08. The van der Waals surface area contributed by atoms with Gasteiger partial charge in [-0.05, 0) is 37.6 Å². The van der Waals surface area contributed by atoms with Gasteiger partial charge in [-0.25, -0.2) is 4.39 Å². The van der Waals surface area contributed by atoms with Crippen molar-refractivity contribution in [1.82, 2.24) is 0 Å². The van der Waals surface area contributed by atoms with E-state index in [1.807, 2.05) is 13.8 Å². The van der Waals surface area contributed by atoms with Crippen LogP contribution in [0.15, 0.2) is 30.4 Å². The molecule has 0 bridgehead atoms. The summed E-state index contributed by atoms with van der Waals surface area (Å²) < 4.78 is 12.7. The lowest BCUT2D eigenvalue weighted by molar-refractivity contribution is 0.627. The maximum absolute atomic E-state index is 12.7. The first-order valence-electron chi connectivity index (χ1n) is 4.24. The van der Waals surface area contributed by atoms with E-state index < -0.39 is 0 Å². The van der Waals surface area contributed by atoms with Crippen LogP contribution in [0.1, 0.15) is 12.5 Å². The van der Waals surface area contributed by atoms with Crippen molar-refractivity contribution in [2.75, 3.05) is 11.9 Å². The summed E-state index contributed by atoms with van der Waals surface area (Å²) in [5.41, 5.74) is 2.94. The van der Waals surface area contributed by atoms with E-state index in [2.05, 4.69) is 11.9 Å². The Morgan fingerprint density at radius 2 is 2.23 bits per heavy atom. The summed E-state index contributed by atoms with van der Waals surface area (Å²) in [7, 11) is 0. The molecule has 0 amide bonds. The highest BCUT2D eigenvalue weighted by Gasteiger charge is 1.98. The van der Waals surface area contributed by atoms with Gasteiger partial charge in [0.15, 0.2) is 0 Å². The van der Waals surface area contributed by atoms with Crippen LogP contribution in [0.25, 0.3) is 0 Å². The molecule has 0 radical (unpaired) electrons. The lowest BCUT2D eigenvalue weighted by Crippen LogP contribution is -2.03. The van der Waals surface area contributed by atoms with E-state index in [4.69, 9.17) is 0 Å². The Morgan fingerprint density at radius 3 is 2.77 bits per heavy atom. The molecule has 13 heavy (non-hydrogen) atoms. The molecular weight excluding hydrogens is 165 g/mol. The summed E-state index contributed by atoms with van der Waals surface area (Å²) in [5, 5.41) is 3.17. The van der Waals surface area contributed by atoms with E-state index in [9.17, 15) is 4.39 Å². The Kier molecular flexibility index (Phi) is 3.07. The molecule has 0 aromatic heterocycles. The maximum Gasteiger partial charge on any atom is 0.123 e. The molecule has 0 heterocycles. The van der Waals surface area contributed by atoms with Crippen LogP contribution in [0.4, 0.5) is 10.1 Å². The molecule has 0 spiro atoms. The molecule has 0 saturated heterocycles. The molecule has 1 aromatic carbocycles. The van der Waals surface area contributed by atoms with Gasteiger partial charge >= 0.3 is 0 Å². The van der Waals surface area contributed by atoms with Gasteiger partial charge < -0.3 is 5.32 Å². The number of rotatable bonds is 3. The van der Waals surface area contributed by atoms with Crippen molar-refractivity contribution in [1.29, 1.82) is 0 Å². The monoisotopic (exact) mass is 179 g/mol. The van der Waals surface area contributed by atoms with E-state index in [1.165, 1.54) is 12.1 Å². The van der Waals surface area contributed by atoms with Crippen LogP contribution in [-0.2, 0) is 0 Å². The van der Waals surface area contributed by atoms with Crippen LogP contribution >= 0.6 is 0 Å². The fourth-order valence-corrected chi connectivity index (χ4v) is 1.07. The first-order chi connectivity index (χ1) is 6.09. The molecule has 2 heteroatoms. The Bertz CT molecular complexity index is 318. The number of halogens is 1. The molecule has 0 unspecified atom stereocenters. The molecule has 0 atom stereocenters. The lowest BCUT2D eigenvalue weighted by atomic mass is 10.2. The number of anilines is 1. The van der Waals surface area contributed by atoms with Crippen LogP contribution in [0.2, 0.25) is 0 Å². The molecule has 1 aromatic rings. The summed E-state index contributed by atoms with van der Waals surface area (Å²) in [4.78, 5) is 0. The third-order valence-corrected chi connectivity index (χ3v) is 1.77. The van der Waals surface area contributed by atoms with Crippen LogP contribution in [0.5, 0.6) is 0 Å². The van der Waals surface area contributed by atoms with Gasteiger partial charge in [0.05, 0.1) is 0 Å². The SMILES string of the molecule is C=C(C)CNc1ccc(F)cc1C. The van der Waals surface area contributed by atoms with E-state index in [0.29, 0.717) is 0 Å². The highest BCUT2D eigenvalue weighted by molar-refractivity contribution is 5.51. The zero-order valence-electron chi connectivity index (χ0n) is 8.02. The van der Waals surface area contributed by atoms with E-state index in [0.717, 1.165) is 23.4 Å². The number of hydrogen-bond acceptors (Lipinski definition) is 1. The number of benzene rings is 1. The average Bonchev–Trinajstić information content (AvgIpc) is 2.02. The number of nitrogens with one attached hydrogen (secondary N) is 1. The van der Waals surface area contributed by atoms with Gasteiger partial charge in [0.2, 0.25) is 0 Å². The summed E-state index contributed by atoms with van der Waals surface area (Å²) in [6, 6.07) is 4.71. The third kappa shape index (κ3) is 2.90. The smallest absolute Gasteiger partial charge is 0.123 e. The van der Waals surface area contributed by atoms with Gasteiger partial charge in [0.25, 0.3) is 0 Å². The van der Waals surface area contributed by atoms with Gasteiger partial charge in [-0.1, -0.05) is 12.2 Å². The molecule has 0 saturated carbocycles. The van der Waals surface area contributed by atoms with Gasteiger partial charge in [-0.3, -0.25) is 0 Å². The van der Waals surface area contributed by atoms with Crippen molar-refractivity contribution < 1.29 is 4.39 Å². The molecule has 1 N–H and O–H groups in total. The average molecular weight is 179 g/mol. The molecule has 0 aliphatic heterocycles. The highest BCUT2D eigenvalue weighted by atomic mass is 19.1. The minimum Gasteiger partial charge on any atom is -0.381 e. The number of aryl methyl sites for hydroxylation is 1. The first-order valence-corrected chi connectivity index (χ1v) is 4.24. The Morgan fingerprint density at radius 1 is 1.54 bits per heavy atom. The summed E-state index contributed by atoms with van der Waals surface area (Å²) in [5.74, 6) is -0.196. The first kappa shape index (κ1) is 9.78. The van der Waals surface area contributed by atoms with Crippen molar-refractivity contribution in [3.63, 3.8) is 0 Å². The van der Waals surface area contributed by atoms with Gasteiger partial charge in [-0.2, -0.15) is 0 Å². The maximum atomic E-state index is 12.7. The van der Waals surface area contributed by atoms with E-state index >= 15 is 0 Å². The largest absolute Gasteiger partial charge is 0.381 e. The fraction of sp³-hybridized carbons (Fsp3) is 0.273. The van der Waals surface area contributed by atoms with E-state index in [1.54, 1.807) is 6.07 Å². The van der Waals surface area contributed by atoms with Crippen molar-refractivity contribution in [3.8, 4) is 0 Å². The van der Waals surface area contributed by atoms with E-state index in [-0.39, 0.29) is 5.82 Å². The number of hydrogen-bond donors (Lipinski definition) is 1. The van der Waals surface area contributed by atoms with Crippen molar-refractivity contribution in [3.05, 3.63) is 41.7 Å². The molecule has 1 nitrogen and oxygen atoms in total. The quantitative estimate of drug-likeness (QED) is 0.703. The van der Waals surface area contributed by atoms with Crippen molar-refractivity contribution >= 4 is 5.69 Å². The van der Waals surface area contributed by atoms with Crippen LogP contribution in [0, 0.1) is 12.7 Å². The van der Waals surface area contributed by atoms with Crippen molar-refractivity contribution in [2.24, 2.45) is 0 Å². The standard InChI is InChI=1S/C11H14FN/c1-8(2)7-13-11-5-4-10(12)6-9(11)3/h4-6,13H,1,7H2,2-3H3.